The van der Waals surface area contributed by atoms with Crippen molar-refractivity contribution in [2.24, 2.45) is 0 Å². The maximum absolute atomic E-state index is 3.63. The van der Waals surface area contributed by atoms with Crippen molar-refractivity contribution in [3.8, 4) is 0 Å². The van der Waals surface area contributed by atoms with Crippen molar-refractivity contribution in [3.63, 3.8) is 0 Å². The lowest BCUT2D eigenvalue weighted by molar-refractivity contribution is -0.837. The van der Waals surface area contributed by atoms with Crippen LogP contribution in [0.4, 0.5) is 0 Å². The number of hydrogen-bond acceptors (Lipinski definition) is 1. The molecule has 1 N–H and O–H groups in total. The summed E-state index contributed by atoms with van der Waals surface area (Å²) >= 11 is 0. The molecule has 0 bridgehead atoms. The van der Waals surface area contributed by atoms with Gasteiger partial charge in [-0.25, -0.2) is 0 Å². The second kappa shape index (κ2) is 17.1. The number of quaternary nitrogens is 1. The van der Waals surface area contributed by atoms with Crippen LogP contribution in [-0.4, -0.2) is 48.5 Å². The van der Waals surface area contributed by atoms with Gasteiger partial charge in [0.2, 0.25) is 0 Å². The van der Waals surface area contributed by atoms with Gasteiger partial charge in [0, 0.05) is 47.5 Å². The highest BCUT2D eigenvalue weighted by Crippen LogP contribution is 2.13. The van der Waals surface area contributed by atoms with Crippen LogP contribution in [0.1, 0.15) is 77.0 Å². The normalized spacial score (nSPS) is 15.3. The highest BCUT2D eigenvalue weighted by molar-refractivity contribution is 6.08. The molecule has 0 atom stereocenters. The fraction of sp³-hybridized carbons (Fsp3) is 0.720. The Hall–Kier alpha value is -0.773. The van der Waals surface area contributed by atoms with Gasteiger partial charge >= 0.3 is 0 Å². The summed E-state index contributed by atoms with van der Waals surface area (Å²) in [7, 11) is 8.10. The highest BCUT2D eigenvalue weighted by Gasteiger charge is 2.17. The fourth-order valence-corrected chi connectivity index (χ4v) is 3.89. The molecule has 0 heterocycles. The lowest BCUT2D eigenvalue weighted by Crippen LogP contribution is -2.40. The predicted octanol–water partition coefficient (Wildman–Crippen LogP) is 6.13. The van der Waals surface area contributed by atoms with Gasteiger partial charge < -0.3 is 5.32 Å². The molecule has 0 aromatic carbocycles. The van der Waals surface area contributed by atoms with Gasteiger partial charge in [-0.1, -0.05) is 76.7 Å². The van der Waals surface area contributed by atoms with Crippen LogP contribution in [-0.2, 0) is 0 Å². The highest BCUT2D eigenvalue weighted by atomic mass is 28.1. The molecule has 3 heteroatoms. The molecule has 1 rings (SSSR count). The number of likely N-dealkylation sites (N-methyl/N-ethyl adjacent to an activating group) is 1. The summed E-state index contributed by atoms with van der Waals surface area (Å²) in [5.74, 6) is 0. The number of nitrogens with one attached hydrogen (secondary N) is 1. The molecule has 0 fully saturated rings. The van der Waals surface area contributed by atoms with Crippen molar-refractivity contribution >= 4 is 10.2 Å². The van der Waals surface area contributed by atoms with Gasteiger partial charge in [-0.05, 0) is 13.0 Å². The minimum atomic E-state index is 0.924. The molecule has 0 aliphatic heterocycles. The number of rotatable bonds is 18. The summed E-state index contributed by atoms with van der Waals surface area (Å²) in [6.07, 6.45) is 29.9. The maximum Gasteiger partial charge on any atom is 0.177 e. The van der Waals surface area contributed by atoms with E-state index in [1.165, 1.54) is 95.2 Å². The molecule has 3 radical (unpaired) electrons. The molecule has 0 aromatic rings. The van der Waals surface area contributed by atoms with E-state index in [1.54, 1.807) is 0 Å². The molecule has 0 saturated carbocycles. The molecule has 28 heavy (non-hydrogen) atoms. The van der Waals surface area contributed by atoms with Gasteiger partial charge in [-0.3, -0.25) is 4.48 Å². The Morgan fingerprint density at radius 3 is 1.93 bits per heavy atom. The molecular weight excluding hydrogens is 356 g/mol. The molecule has 0 amide bonds. The van der Waals surface area contributed by atoms with Crippen LogP contribution in [0.5, 0.6) is 0 Å². The summed E-state index contributed by atoms with van der Waals surface area (Å²) in [5.41, 5.74) is 1.31. The van der Waals surface area contributed by atoms with Gasteiger partial charge in [-0.2, -0.15) is 0 Å². The predicted molar refractivity (Wildman–Crippen MR) is 126 cm³/mol. The monoisotopic (exact) mass is 401 g/mol. The Morgan fingerprint density at radius 2 is 1.39 bits per heavy atom. The zero-order chi connectivity index (χ0) is 20.3. The number of allylic oxidation sites excluding steroid dienone is 5. The van der Waals surface area contributed by atoms with E-state index in [1.807, 2.05) is 0 Å². The van der Waals surface area contributed by atoms with E-state index >= 15 is 0 Å². The summed E-state index contributed by atoms with van der Waals surface area (Å²) in [4.78, 5) is 0. The van der Waals surface area contributed by atoms with Gasteiger partial charge in [0.25, 0.3) is 0 Å². The molecule has 0 aromatic heterocycles. The van der Waals surface area contributed by atoms with Crippen molar-refractivity contribution in [1.82, 2.24) is 5.32 Å². The quantitative estimate of drug-likeness (QED) is 0.126. The van der Waals surface area contributed by atoms with Crippen molar-refractivity contribution in [3.05, 3.63) is 42.5 Å². The molecule has 1 aliphatic rings. The van der Waals surface area contributed by atoms with E-state index < -0.39 is 0 Å². The van der Waals surface area contributed by atoms with Crippen molar-refractivity contribution in [1.29, 1.82) is 0 Å². The SMILES string of the molecule is C[N+](C)(C=C1C=CC=C[CH+]1)CCNCCCCCCCCCCCCCC[Si]. The third-order valence-electron chi connectivity index (χ3n) is 5.44. The average Bonchev–Trinajstić information content (AvgIpc) is 2.68. The van der Waals surface area contributed by atoms with Crippen LogP contribution in [0.25, 0.3) is 0 Å². The number of nitrogens with zero attached hydrogens (tertiary/aromatic N) is 1. The second-order valence-corrected chi connectivity index (χ2v) is 9.28. The fourth-order valence-electron chi connectivity index (χ4n) is 3.64. The van der Waals surface area contributed by atoms with Crippen molar-refractivity contribution < 1.29 is 4.48 Å². The molecule has 1 aliphatic carbocycles. The Balaban J connectivity index is 1.84. The first-order valence-electron chi connectivity index (χ1n) is 11.7. The van der Waals surface area contributed by atoms with Crippen molar-refractivity contribution in [2.75, 3.05) is 33.7 Å². The maximum atomic E-state index is 3.63. The van der Waals surface area contributed by atoms with Crippen LogP contribution in [0.2, 0.25) is 6.04 Å². The Labute approximate surface area is 179 Å². The van der Waals surface area contributed by atoms with Gasteiger partial charge in [-0.15, -0.1) is 0 Å². The molecular formula is C25H45N2Si+2. The standard InChI is InChI=1S/C25H45N2Si/c1-27(2,24-25-18-14-13-15-19-25)22-21-26-20-16-11-9-7-5-3-4-6-8-10-12-17-23-28/h13-15,18-19,24,26H,3-12,16-17,20-23H2,1-2H3/q+2. The van der Waals surface area contributed by atoms with Crippen molar-refractivity contribution in [2.45, 2.75) is 83.1 Å². The smallest absolute Gasteiger partial charge is 0.177 e. The zero-order valence-electron chi connectivity index (χ0n) is 18.7. The molecule has 0 unspecified atom stereocenters. The first-order valence-corrected chi connectivity index (χ1v) is 12.4. The summed E-state index contributed by atoms with van der Waals surface area (Å²) in [6.45, 7) is 3.39. The number of hydrogen-bond donors (Lipinski definition) is 1. The largest absolute Gasteiger partial charge is 0.311 e. The number of unbranched alkanes of at least 4 members (excludes halogenated alkanes) is 11. The topological polar surface area (TPSA) is 12.0 Å². The van der Waals surface area contributed by atoms with Crippen LogP contribution >= 0.6 is 0 Å². The van der Waals surface area contributed by atoms with E-state index in [4.69, 9.17) is 0 Å². The Bertz CT molecular complexity index is 451. The van der Waals surface area contributed by atoms with Gasteiger partial charge in [0.05, 0.1) is 14.1 Å². The van der Waals surface area contributed by atoms with Crippen LogP contribution in [0, 0.1) is 6.42 Å². The lowest BCUT2D eigenvalue weighted by atomic mass is 10.1. The third kappa shape index (κ3) is 15.2. The molecule has 0 saturated heterocycles. The second-order valence-electron chi connectivity index (χ2n) is 8.78. The van der Waals surface area contributed by atoms with Gasteiger partial charge in [0.1, 0.15) is 12.1 Å². The van der Waals surface area contributed by atoms with Crippen LogP contribution in [0.15, 0.2) is 36.1 Å². The minimum absolute atomic E-state index is 0.924. The lowest BCUT2D eigenvalue weighted by Gasteiger charge is -2.23. The minimum Gasteiger partial charge on any atom is -0.311 e. The Kier molecular flexibility index (Phi) is 15.4. The van der Waals surface area contributed by atoms with E-state index in [-0.39, 0.29) is 0 Å². The summed E-state index contributed by atoms with van der Waals surface area (Å²) in [5, 5.41) is 3.63. The summed E-state index contributed by atoms with van der Waals surface area (Å²) in [6, 6.07) is 1.17. The average molecular weight is 402 g/mol. The molecule has 0 spiro atoms. The molecule has 2 nitrogen and oxygen atoms in total. The summed E-state index contributed by atoms with van der Waals surface area (Å²) < 4.78 is 0.924. The van der Waals surface area contributed by atoms with E-state index in [2.05, 4.69) is 66.6 Å². The first kappa shape index (κ1) is 25.3. The first-order chi connectivity index (χ1) is 13.6. The molecule has 157 valence electrons. The van der Waals surface area contributed by atoms with E-state index in [0.717, 1.165) is 17.6 Å². The zero-order valence-corrected chi connectivity index (χ0v) is 19.7. The third-order valence-corrected chi connectivity index (χ3v) is 5.80. The van der Waals surface area contributed by atoms with Crippen LogP contribution < -0.4 is 5.32 Å². The van der Waals surface area contributed by atoms with Crippen LogP contribution in [0.3, 0.4) is 0 Å². The van der Waals surface area contributed by atoms with E-state index in [0.29, 0.717) is 0 Å². The van der Waals surface area contributed by atoms with Gasteiger partial charge in [0.15, 0.2) is 6.20 Å². The Morgan fingerprint density at radius 1 is 0.821 bits per heavy atom. The van der Waals surface area contributed by atoms with E-state index in [9.17, 15) is 0 Å².